The Morgan fingerprint density at radius 2 is 1.77 bits per heavy atom. The lowest BCUT2D eigenvalue weighted by Gasteiger charge is -2.41. The van der Waals surface area contributed by atoms with E-state index in [0.29, 0.717) is 17.0 Å². The van der Waals surface area contributed by atoms with Crippen LogP contribution in [0.1, 0.15) is 34.1 Å². The summed E-state index contributed by atoms with van der Waals surface area (Å²) in [6.07, 6.45) is 4.00. The molecule has 2 saturated heterocycles. The predicted octanol–water partition coefficient (Wildman–Crippen LogP) is 6.32. The van der Waals surface area contributed by atoms with E-state index in [9.17, 15) is 4.39 Å². The third-order valence-electron chi connectivity index (χ3n) is 6.69. The first-order valence-electron chi connectivity index (χ1n) is 11.6. The molecule has 0 spiro atoms. The molecule has 4 heterocycles. The normalized spacial score (nSPS) is 20.2. The number of halogens is 3. The molecule has 0 N–H and O–H groups in total. The van der Waals surface area contributed by atoms with Crippen LogP contribution in [0, 0.1) is 5.82 Å². The Labute approximate surface area is 216 Å². The number of pyridine rings is 1. The highest BCUT2D eigenvalue weighted by Crippen LogP contribution is 2.32. The van der Waals surface area contributed by atoms with Crippen molar-refractivity contribution in [3.63, 3.8) is 0 Å². The molecular formula is C26H31Cl2FN6. The summed E-state index contributed by atoms with van der Waals surface area (Å²) in [4.78, 5) is 21.1. The highest BCUT2D eigenvalue weighted by molar-refractivity contribution is 6.33. The van der Waals surface area contributed by atoms with Gasteiger partial charge in [0.25, 0.3) is 0 Å². The van der Waals surface area contributed by atoms with E-state index >= 15 is 0 Å². The smallest absolute Gasteiger partial charge is 0.228 e. The second-order valence-electron chi connectivity index (χ2n) is 9.02. The standard InChI is InChI=1S/C25H27Cl2FN6.CH4/c1-16-5-4-10-34(16)25-30-22(18-7-8-21(28)20(27)13-18)14-23(31-25)33-12-11-32(15-17(33)2)24-19(26)6-3-9-29-24;/h3,6-9,13-14,16-17H,4-5,10-12,15H2,1-2H3;1H4/t16-,17-;/m0./s1. The maximum Gasteiger partial charge on any atom is 0.228 e. The summed E-state index contributed by atoms with van der Waals surface area (Å²) < 4.78 is 13.8. The van der Waals surface area contributed by atoms with Gasteiger partial charge in [0.2, 0.25) is 5.95 Å². The molecule has 3 aromatic rings. The van der Waals surface area contributed by atoms with Crippen LogP contribution in [0.25, 0.3) is 11.3 Å². The minimum absolute atomic E-state index is 0. The molecular weight excluding hydrogens is 486 g/mol. The summed E-state index contributed by atoms with van der Waals surface area (Å²) >= 11 is 12.5. The lowest BCUT2D eigenvalue weighted by molar-refractivity contribution is 0.542. The van der Waals surface area contributed by atoms with Crippen molar-refractivity contribution in [3.8, 4) is 11.3 Å². The number of hydrogen-bond donors (Lipinski definition) is 0. The first-order valence-corrected chi connectivity index (χ1v) is 12.4. The number of nitrogens with zero attached hydrogens (tertiary/aromatic N) is 6. The minimum Gasteiger partial charge on any atom is -0.352 e. The maximum atomic E-state index is 13.8. The van der Waals surface area contributed by atoms with Crippen LogP contribution in [0.4, 0.5) is 22.0 Å². The molecule has 6 nitrogen and oxygen atoms in total. The predicted molar refractivity (Wildman–Crippen MR) is 143 cm³/mol. The summed E-state index contributed by atoms with van der Waals surface area (Å²) in [5, 5.41) is 0.744. The average molecular weight is 517 g/mol. The monoisotopic (exact) mass is 516 g/mol. The third kappa shape index (κ3) is 5.16. The summed E-state index contributed by atoms with van der Waals surface area (Å²) in [7, 11) is 0. The Morgan fingerprint density at radius 1 is 0.943 bits per heavy atom. The van der Waals surface area contributed by atoms with Gasteiger partial charge in [-0.25, -0.2) is 14.4 Å². The van der Waals surface area contributed by atoms with Crippen molar-refractivity contribution in [1.82, 2.24) is 15.0 Å². The van der Waals surface area contributed by atoms with E-state index < -0.39 is 5.82 Å². The van der Waals surface area contributed by atoms with Gasteiger partial charge in [0.05, 0.1) is 15.7 Å². The van der Waals surface area contributed by atoms with Gasteiger partial charge in [-0.05, 0) is 57.0 Å². The van der Waals surface area contributed by atoms with Gasteiger partial charge in [0.1, 0.15) is 17.5 Å². The maximum absolute atomic E-state index is 13.8. The third-order valence-corrected chi connectivity index (χ3v) is 7.27. The molecule has 9 heteroatoms. The molecule has 2 fully saturated rings. The lowest BCUT2D eigenvalue weighted by Crippen LogP contribution is -2.52. The number of anilines is 3. The van der Waals surface area contributed by atoms with Gasteiger partial charge in [-0.1, -0.05) is 30.6 Å². The van der Waals surface area contributed by atoms with E-state index in [1.807, 2.05) is 18.2 Å². The van der Waals surface area contributed by atoms with E-state index in [4.69, 9.17) is 33.2 Å². The Kier molecular flexibility index (Phi) is 7.67. The molecule has 0 bridgehead atoms. The molecule has 0 aliphatic carbocycles. The first-order chi connectivity index (χ1) is 16.4. The molecule has 2 atom stereocenters. The van der Waals surface area contributed by atoms with Crippen LogP contribution in [-0.2, 0) is 0 Å². The van der Waals surface area contributed by atoms with Crippen LogP contribution in [0.2, 0.25) is 10.0 Å². The average Bonchev–Trinajstić information content (AvgIpc) is 3.26. The number of rotatable bonds is 4. The van der Waals surface area contributed by atoms with E-state index in [1.54, 1.807) is 18.3 Å². The van der Waals surface area contributed by atoms with Gasteiger partial charge in [-0.2, -0.15) is 4.98 Å². The first kappa shape index (κ1) is 25.5. The molecule has 186 valence electrons. The molecule has 5 rings (SSSR count). The van der Waals surface area contributed by atoms with Crippen molar-refractivity contribution in [2.24, 2.45) is 0 Å². The van der Waals surface area contributed by atoms with Crippen molar-refractivity contribution in [3.05, 3.63) is 58.5 Å². The number of piperazine rings is 1. The molecule has 2 aromatic heterocycles. The summed E-state index contributed by atoms with van der Waals surface area (Å²) in [6.45, 7) is 7.62. The van der Waals surface area contributed by atoms with Crippen LogP contribution in [0.5, 0.6) is 0 Å². The van der Waals surface area contributed by atoms with Crippen LogP contribution in [-0.4, -0.2) is 53.2 Å². The van der Waals surface area contributed by atoms with Gasteiger partial charge in [0, 0.05) is 56.1 Å². The molecule has 0 unspecified atom stereocenters. The fraction of sp³-hybridized carbons (Fsp3) is 0.423. The number of benzene rings is 1. The quantitative estimate of drug-likeness (QED) is 0.404. The zero-order valence-electron chi connectivity index (χ0n) is 19.3. The Hall–Kier alpha value is -2.64. The van der Waals surface area contributed by atoms with E-state index in [-0.39, 0.29) is 18.5 Å². The second-order valence-corrected chi connectivity index (χ2v) is 9.84. The topological polar surface area (TPSA) is 48.4 Å². The van der Waals surface area contributed by atoms with Crippen LogP contribution < -0.4 is 14.7 Å². The van der Waals surface area contributed by atoms with Crippen molar-refractivity contribution in [2.75, 3.05) is 40.9 Å². The fourth-order valence-electron chi connectivity index (χ4n) is 4.83. The molecule has 1 aromatic carbocycles. The fourth-order valence-corrected chi connectivity index (χ4v) is 5.25. The second kappa shape index (κ2) is 10.5. The van der Waals surface area contributed by atoms with E-state index in [2.05, 4.69) is 33.5 Å². The summed E-state index contributed by atoms with van der Waals surface area (Å²) in [5.41, 5.74) is 1.51. The molecule has 35 heavy (non-hydrogen) atoms. The molecule has 2 aliphatic heterocycles. The minimum atomic E-state index is -0.439. The number of aromatic nitrogens is 3. The van der Waals surface area contributed by atoms with Crippen molar-refractivity contribution in [1.29, 1.82) is 0 Å². The Bertz CT molecular complexity index is 1190. The molecule has 2 aliphatic rings. The summed E-state index contributed by atoms with van der Waals surface area (Å²) in [5.74, 6) is 1.94. The molecule has 0 radical (unpaired) electrons. The summed E-state index contributed by atoms with van der Waals surface area (Å²) in [6, 6.07) is 11.0. The lowest BCUT2D eigenvalue weighted by atomic mass is 10.1. The highest BCUT2D eigenvalue weighted by Gasteiger charge is 2.29. The van der Waals surface area contributed by atoms with Crippen molar-refractivity contribution < 1.29 is 4.39 Å². The number of hydrogen-bond acceptors (Lipinski definition) is 6. The van der Waals surface area contributed by atoms with E-state index in [1.165, 1.54) is 6.07 Å². The van der Waals surface area contributed by atoms with Crippen molar-refractivity contribution >= 4 is 40.8 Å². The zero-order valence-corrected chi connectivity index (χ0v) is 20.8. The Morgan fingerprint density at radius 3 is 2.46 bits per heavy atom. The van der Waals surface area contributed by atoms with Gasteiger partial charge >= 0.3 is 0 Å². The van der Waals surface area contributed by atoms with Crippen LogP contribution in [0.3, 0.4) is 0 Å². The molecule has 0 saturated carbocycles. The highest BCUT2D eigenvalue weighted by atomic mass is 35.5. The SMILES string of the molecule is C.C[C@H]1CN(c2ncccc2Cl)CCN1c1cc(-c2ccc(F)c(Cl)c2)nc(N2CCC[C@@H]2C)n1. The van der Waals surface area contributed by atoms with Crippen molar-refractivity contribution in [2.45, 2.75) is 46.2 Å². The molecule has 0 amide bonds. The van der Waals surface area contributed by atoms with Crippen LogP contribution >= 0.6 is 23.2 Å². The van der Waals surface area contributed by atoms with E-state index in [0.717, 1.165) is 61.9 Å². The van der Waals surface area contributed by atoms with Gasteiger partial charge in [0.15, 0.2) is 0 Å². The largest absolute Gasteiger partial charge is 0.352 e. The zero-order chi connectivity index (χ0) is 23.8. The van der Waals surface area contributed by atoms with Gasteiger partial charge < -0.3 is 14.7 Å². The van der Waals surface area contributed by atoms with Gasteiger partial charge in [-0.15, -0.1) is 0 Å². The van der Waals surface area contributed by atoms with Crippen LogP contribution in [0.15, 0.2) is 42.6 Å². The van der Waals surface area contributed by atoms with Gasteiger partial charge in [-0.3, -0.25) is 0 Å². The Balaban J connectivity index is 0.00000289.